The Morgan fingerprint density at radius 3 is 2.36 bits per heavy atom. The van der Waals surface area contributed by atoms with Gasteiger partial charge in [-0.3, -0.25) is 19.2 Å². The van der Waals surface area contributed by atoms with E-state index in [-0.39, 0.29) is 29.1 Å². The molecule has 2 N–H and O–H groups in total. The minimum atomic E-state index is -4.12. The molecule has 0 heterocycles. The van der Waals surface area contributed by atoms with E-state index < -0.39 is 20.9 Å². The number of benzene rings is 2. The molecule has 0 fully saturated rings. The summed E-state index contributed by atoms with van der Waals surface area (Å²) in [6, 6.07) is 12.0. The zero-order chi connectivity index (χ0) is 18.6. The Bertz CT molecular complexity index is 897. The van der Waals surface area contributed by atoms with Crippen molar-refractivity contribution in [3.05, 3.63) is 64.2 Å². The number of hydrogen-bond acceptors (Lipinski definition) is 5. The smallest absolute Gasteiger partial charge is 0.273 e. The van der Waals surface area contributed by atoms with Gasteiger partial charge in [-0.25, -0.2) is 8.42 Å². The highest BCUT2D eigenvalue weighted by Gasteiger charge is 2.29. The van der Waals surface area contributed by atoms with Gasteiger partial charge in [-0.2, -0.15) is 0 Å². The summed E-state index contributed by atoms with van der Waals surface area (Å²) < 4.78 is 27.2. The molecule has 0 spiro atoms. The number of primary amides is 1. The standard InChI is InChI=1S/C16H17N3O5S/c1-12-14(19(21)22)8-5-9-15(12)25(23,24)18(11-10-16(17)20)13-6-3-2-4-7-13/h2-9H,10-11H2,1H3,(H2,17,20). The summed E-state index contributed by atoms with van der Waals surface area (Å²) in [4.78, 5) is 21.4. The largest absolute Gasteiger partial charge is 0.370 e. The predicted molar refractivity (Wildman–Crippen MR) is 92.6 cm³/mol. The number of nitro groups is 1. The molecule has 0 saturated carbocycles. The lowest BCUT2D eigenvalue weighted by molar-refractivity contribution is -0.385. The molecular formula is C16H17N3O5S. The summed E-state index contributed by atoms with van der Waals surface area (Å²) in [6.45, 7) is 1.21. The van der Waals surface area contributed by atoms with E-state index >= 15 is 0 Å². The fourth-order valence-corrected chi connectivity index (χ4v) is 4.10. The summed E-state index contributed by atoms with van der Waals surface area (Å²) >= 11 is 0. The number of nitrogens with zero attached hydrogens (tertiary/aromatic N) is 2. The Morgan fingerprint density at radius 2 is 1.80 bits per heavy atom. The first-order chi connectivity index (χ1) is 11.7. The first kappa shape index (κ1) is 18.4. The lowest BCUT2D eigenvalue weighted by atomic mass is 10.2. The van der Waals surface area contributed by atoms with E-state index in [9.17, 15) is 23.3 Å². The number of nitro benzene ring substituents is 1. The van der Waals surface area contributed by atoms with Crippen molar-refractivity contribution in [3.63, 3.8) is 0 Å². The molecule has 0 aliphatic heterocycles. The number of nitrogens with two attached hydrogens (primary N) is 1. The Morgan fingerprint density at radius 1 is 1.16 bits per heavy atom. The molecule has 2 aromatic rings. The monoisotopic (exact) mass is 363 g/mol. The molecule has 0 saturated heterocycles. The van der Waals surface area contributed by atoms with Crippen LogP contribution in [0.2, 0.25) is 0 Å². The van der Waals surface area contributed by atoms with Crippen LogP contribution >= 0.6 is 0 Å². The van der Waals surface area contributed by atoms with Gasteiger partial charge in [-0.05, 0) is 25.1 Å². The lowest BCUT2D eigenvalue weighted by Gasteiger charge is -2.24. The van der Waals surface area contributed by atoms with Crippen molar-refractivity contribution < 1.29 is 18.1 Å². The minimum Gasteiger partial charge on any atom is -0.370 e. The summed E-state index contributed by atoms with van der Waals surface area (Å²) in [5.41, 5.74) is 5.23. The van der Waals surface area contributed by atoms with E-state index in [4.69, 9.17) is 5.73 Å². The van der Waals surface area contributed by atoms with Crippen molar-refractivity contribution in [2.24, 2.45) is 5.73 Å². The van der Waals surface area contributed by atoms with Gasteiger partial charge < -0.3 is 5.73 Å². The Balaban J connectivity index is 2.58. The normalized spacial score (nSPS) is 11.1. The van der Waals surface area contributed by atoms with Gasteiger partial charge in [0.1, 0.15) is 0 Å². The van der Waals surface area contributed by atoms with E-state index in [1.807, 2.05) is 0 Å². The van der Waals surface area contributed by atoms with Crippen LogP contribution in [0, 0.1) is 17.0 Å². The van der Waals surface area contributed by atoms with E-state index in [0.29, 0.717) is 5.69 Å². The van der Waals surface area contributed by atoms with E-state index in [1.54, 1.807) is 30.3 Å². The highest BCUT2D eigenvalue weighted by atomic mass is 32.2. The average Bonchev–Trinajstić information content (AvgIpc) is 2.55. The molecule has 0 aliphatic rings. The molecule has 0 bridgehead atoms. The fourth-order valence-electron chi connectivity index (χ4n) is 2.39. The third kappa shape index (κ3) is 3.94. The number of anilines is 1. The van der Waals surface area contributed by atoms with Crippen LogP contribution in [0.15, 0.2) is 53.4 Å². The molecule has 0 unspecified atom stereocenters. The van der Waals surface area contributed by atoms with Crippen LogP contribution in [0.5, 0.6) is 0 Å². The van der Waals surface area contributed by atoms with Crippen molar-refractivity contribution >= 4 is 27.3 Å². The number of rotatable bonds is 7. The van der Waals surface area contributed by atoms with Crippen molar-refractivity contribution in [2.45, 2.75) is 18.2 Å². The van der Waals surface area contributed by atoms with Crippen molar-refractivity contribution in [2.75, 3.05) is 10.8 Å². The van der Waals surface area contributed by atoms with E-state index in [2.05, 4.69) is 0 Å². The highest BCUT2D eigenvalue weighted by Crippen LogP contribution is 2.30. The Kier molecular flexibility index (Phi) is 5.38. The van der Waals surface area contributed by atoms with Crippen LogP contribution in [0.3, 0.4) is 0 Å². The number of para-hydroxylation sites is 1. The first-order valence-corrected chi connectivity index (χ1v) is 8.79. The highest BCUT2D eigenvalue weighted by molar-refractivity contribution is 7.92. The first-order valence-electron chi connectivity index (χ1n) is 7.35. The maximum atomic E-state index is 13.1. The molecule has 1 amide bonds. The zero-order valence-corrected chi connectivity index (χ0v) is 14.3. The molecule has 0 aromatic heterocycles. The molecule has 2 aromatic carbocycles. The maximum absolute atomic E-state index is 13.1. The van der Waals surface area contributed by atoms with Gasteiger partial charge in [-0.1, -0.05) is 24.3 Å². The van der Waals surface area contributed by atoms with Gasteiger partial charge in [0.15, 0.2) is 0 Å². The molecule has 9 heteroatoms. The van der Waals surface area contributed by atoms with Crippen molar-refractivity contribution in [1.29, 1.82) is 0 Å². The van der Waals surface area contributed by atoms with Gasteiger partial charge in [0.05, 0.1) is 15.5 Å². The van der Waals surface area contributed by atoms with Gasteiger partial charge >= 0.3 is 0 Å². The van der Waals surface area contributed by atoms with E-state index in [1.165, 1.54) is 25.1 Å². The second kappa shape index (κ2) is 7.31. The minimum absolute atomic E-state index is 0.0347. The third-order valence-electron chi connectivity index (χ3n) is 3.63. The molecular weight excluding hydrogens is 346 g/mol. The fraction of sp³-hybridized carbons (Fsp3) is 0.188. The topological polar surface area (TPSA) is 124 Å². The zero-order valence-electron chi connectivity index (χ0n) is 13.5. The predicted octanol–water partition coefficient (Wildman–Crippen LogP) is 1.97. The van der Waals surface area contributed by atoms with Crippen molar-refractivity contribution in [3.8, 4) is 0 Å². The Labute approximate surface area is 145 Å². The Hall–Kier alpha value is -2.94. The molecule has 0 radical (unpaired) electrons. The van der Waals surface area contributed by atoms with Crippen LogP contribution < -0.4 is 10.0 Å². The number of hydrogen-bond donors (Lipinski definition) is 1. The number of carbonyl (C=O) groups excluding carboxylic acids is 1. The van der Waals surface area contributed by atoms with Gasteiger partial charge in [0.25, 0.3) is 15.7 Å². The number of sulfonamides is 1. The van der Waals surface area contributed by atoms with E-state index in [0.717, 1.165) is 4.31 Å². The van der Waals surface area contributed by atoms with Gasteiger partial charge in [0.2, 0.25) is 5.91 Å². The molecule has 2 rings (SSSR count). The van der Waals surface area contributed by atoms with Gasteiger partial charge in [0, 0.05) is 24.6 Å². The molecule has 0 aliphatic carbocycles. The van der Waals surface area contributed by atoms with Crippen molar-refractivity contribution in [1.82, 2.24) is 0 Å². The van der Waals surface area contributed by atoms with Crippen LogP contribution in [-0.2, 0) is 14.8 Å². The third-order valence-corrected chi connectivity index (χ3v) is 5.60. The molecule has 132 valence electrons. The van der Waals surface area contributed by atoms with Crippen LogP contribution in [0.25, 0.3) is 0 Å². The SMILES string of the molecule is Cc1c([N+](=O)[O-])cccc1S(=O)(=O)N(CCC(N)=O)c1ccccc1. The van der Waals surface area contributed by atoms with Crippen LogP contribution in [-0.4, -0.2) is 25.8 Å². The summed E-state index contributed by atoms with van der Waals surface area (Å²) in [5.74, 6) is -0.646. The van der Waals surface area contributed by atoms with Crippen LogP contribution in [0.4, 0.5) is 11.4 Å². The number of carbonyl (C=O) groups is 1. The maximum Gasteiger partial charge on any atom is 0.273 e. The number of amides is 1. The molecule has 8 nitrogen and oxygen atoms in total. The molecule has 25 heavy (non-hydrogen) atoms. The summed E-state index contributed by atoms with van der Waals surface area (Å²) in [5, 5.41) is 11.1. The second-order valence-electron chi connectivity index (χ2n) is 5.29. The summed E-state index contributed by atoms with van der Waals surface area (Å²) in [7, 11) is -4.12. The summed E-state index contributed by atoms with van der Waals surface area (Å²) in [6.07, 6.45) is -0.178. The van der Waals surface area contributed by atoms with Gasteiger partial charge in [-0.15, -0.1) is 0 Å². The quantitative estimate of drug-likeness (QED) is 0.595. The second-order valence-corrected chi connectivity index (χ2v) is 7.12. The average molecular weight is 363 g/mol. The molecule has 0 atom stereocenters. The van der Waals surface area contributed by atoms with Crippen LogP contribution in [0.1, 0.15) is 12.0 Å². The lowest BCUT2D eigenvalue weighted by Crippen LogP contribution is -2.34.